The Hall–Kier alpha value is 0.170. The van der Waals surface area contributed by atoms with Crippen LogP contribution in [0.3, 0.4) is 0 Å². The van der Waals surface area contributed by atoms with Crippen LogP contribution in [0.2, 0.25) is 0 Å². The molecular formula is C10H21NOS2. The summed E-state index contributed by atoms with van der Waals surface area (Å²) < 4.78 is 0. The van der Waals surface area contributed by atoms with E-state index in [1.165, 1.54) is 0 Å². The smallest absolute Gasteiger partial charge is 0.236 e. The highest BCUT2D eigenvalue weighted by atomic mass is 33.1. The van der Waals surface area contributed by atoms with Gasteiger partial charge in [0, 0.05) is 13.6 Å². The summed E-state index contributed by atoms with van der Waals surface area (Å²) in [4.78, 5) is 13.8. The fourth-order valence-electron chi connectivity index (χ4n) is 1.07. The highest BCUT2D eigenvalue weighted by Gasteiger charge is 2.26. The molecule has 0 N–H and O–H groups in total. The minimum Gasteiger partial charge on any atom is -0.345 e. The zero-order valence-corrected chi connectivity index (χ0v) is 11.4. The molecule has 2 atom stereocenters. The highest BCUT2D eigenvalue weighted by Crippen LogP contribution is 2.31. The van der Waals surface area contributed by atoms with E-state index in [4.69, 9.17) is 0 Å². The molecule has 0 aromatic carbocycles. The fraction of sp³-hybridized carbons (Fsp3) is 0.900. The van der Waals surface area contributed by atoms with Gasteiger partial charge in [0.15, 0.2) is 0 Å². The number of hydrogen-bond acceptors (Lipinski definition) is 3. The second-order valence-electron chi connectivity index (χ2n) is 3.42. The van der Waals surface area contributed by atoms with Crippen LogP contribution in [0.1, 0.15) is 27.2 Å². The molecule has 0 rings (SSSR count). The van der Waals surface area contributed by atoms with Gasteiger partial charge < -0.3 is 4.90 Å². The third-order valence-electron chi connectivity index (χ3n) is 2.45. The molecule has 14 heavy (non-hydrogen) atoms. The van der Waals surface area contributed by atoms with Crippen LogP contribution in [0.5, 0.6) is 0 Å². The molecule has 0 aromatic heterocycles. The van der Waals surface area contributed by atoms with E-state index in [-0.39, 0.29) is 11.2 Å². The van der Waals surface area contributed by atoms with Gasteiger partial charge in [-0.05, 0) is 19.1 Å². The SMILES string of the molecule is CCC(C)[C@H](SSC)C(=O)N(C)CC. The number of carbonyl (C=O) groups is 1. The third-order valence-corrected chi connectivity index (χ3v) is 4.72. The fourth-order valence-corrected chi connectivity index (χ4v) is 3.36. The van der Waals surface area contributed by atoms with Crippen molar-refractivity contribution >= 4 is 27.5 Å². The van der Waals surface area contributed by atoms with Gasteiger partial charge in [0.05, 0.1) is 5.25 Å². The number of nitrogens with zero attached hydrogens (tertiary/aromatic N) is 1. The molecule has 0 radical (unpaired) electrons. The Morgan fingerprint density at radius 3 is 2.36 bits per heavy atom. The molecule has 0 spiro atoms. The van der Waals surface area contributed by atoms with E-state index in [0.29, 0.717) is 5.92 Å². The normalized spacial score (nSPS) is 14.9. The maximum absolute atomic E-state index is 12.0. The third kappa shape index (κ3) is 4.13. The summed E-state index contributed by atoms with van der Waals surface area (Å²) in [5.41, 5.74) is 0. The van der Waals surface area contributed by atoms with Crippen LogP contribution in [-0.4, -0.2) is 35.9 Å². The van der Waals surface area contributed by atoms with Crippen molar-refractivity contribution in [3.63, 3.8) is 0 Å². The molecule has 84 valence electrons. The summed E-state index contributed by atoms with van der Waals surface area (Å²) >= 11 is 0. The van der Waals surface area contributed by atoms with Crippen LogP contribution < -0.4 is 0 Å². The van der Waals surface area contributed by atoms with Gasteiger partial charge in [-0.15, -0.1) is 0 Å². The summed E-state index contributed by atoms with van der Waals surface area (Å²) in [6.07, 6.45) is 3.08. The Kier molecular flexibility index (Phi) is 7.55. The second kappa shape index (κ2) is 7.46. The number of amides is 1. The second-order valence-corrected chi connectivity index (χ2v) is 6.03. The van der Waals surface area contributed by atoms with Crippen molar-refractivity contribution in [2.24, 2.45) is 5.92 Å². The molecule has 0 fully saturated rings. The van der Waals surface area contributed by atoms with Crippen LogP contribution in [0, 0.1) is 5.92 Å². The van der Waals surface area contributed by atoms with Gasteiger partial charge in [-0.2, -0.15) is 0 Å². The van der Waals surface area contributed by atoms with Gasteiger partial charge in [-0.1, -0.05) is 41.9 Å². The molecule has 0 saturated carbocycles. The van der Waals surface area contributed by atoms with E-state index in [1.807, 2.05) is 20.2 Å². The lowest BCUT2D eigenvalue weighted by Crippen LogP contribution is -2.37. The van der Waals surface area contributed by atoms with Crippen molar-refractivity contribution in [1.82, 2.24) is 4.90 Å². The van der Waals surface area contributed by atoms with Gasteiger partial charge in [0.25, 0.3) is 0 Å². The first-order valence-corrected chi connectivity index (χ1v) is 7.64. The maximum atomic E-state index is 12.0. The van der Waals surface area contributed by atoms with Crippen molar-refractivity contribution < 1.29 is 4.79 Å². The van der Waals surface area contributed by atoms with Gasteiger partial charge in [-0.25, -0.2) is 0 Å². The number of hydrogen-bond donors (Lipinski definition) is 0. The topological polar surface area (TPSA) is 20.3 Å². The summed E-state index contributed by atoms with van der Waals surface area (Å²) in [5, 5.41) is 0.111. The van der Waals surface area contributed by atoms with Crippen molar-refractivity contribution in [2.45, 2.75) is 32.4 Å². The first kappa shape index (κ1) is 14.2. The summed E-state index contributed by atoms with van der Waals surface area (Å²) in [5.74, 6) is 0.718. The van der Waals surface area contributed by atoms with Crippen LogP contribution in [0.4, 0.5) is 0 Å². The summed E-state index contributed by atoms with van der Waals surface area (Å²) in [7, 11) is 5.24. The van der Waals surface area contributed by atoms with Crippen molar-refractivity contribution in [1.29, 1.82) is 0 Å². The average molecular weight is 235 g/mol. The lowest BCUT2D eigenvalue weighted by Gasteiger charge is -2.25. The van der Waals surface area contributed by atoms with E-state index in [2.05, 4.69) is 13.8 Å². The molecule has 0 aliphatic heterocycles. The molecule has 1 amide bonds. The monoisotopic (exact) mass is 235 g/mol. The lowest BCUT2D eigenvalue weighted by molar-refractivity contribution is -0.129. The minimum atomic E-state index is 0.111. The molecule has 2 nitrogen and oxygen atoms in total. The minimum absolute atomic E-state index is 0.111. The lowest BCUT2D eigenvalue weighted by atomic mass is 10.0. The zero-order valence-electron chi connectivity index (χ0n) is 9.74. The van der Waals surface area contributed by atoms with Gasteiger partial charge in [-0.3, -0.25) is 4.79 Å². The Balaban J connectivity index is 4.39. The standard InChI is InChI=1S/C10H21NOS2/c1-6-8(3)9(14-13-5)10(12)11(4)7-2/h8-9H,6-7H2,1-5H3/t8?,9-/m0/s1. The molecule has 1 unspecified atom stereocenters. The molecule has 0 aliphatic rings. The predicted octanol–water partition coefficient (Wildman–Crippen LogP) is 2.89. The maximum Gasteiger partial charge on any atom is 0.236 e. The molecule has 0 bridgehead atoms. The van der Waals surface area contributed by atoms with Crippen LogP contribution in [-0.2, 0) is 4.79 Å². The average Bonchev–Trinajstić information content (AvgIpc) is 2.22. The first-order valence-electron chi connectivity index (χ1n) is 5.02. The van der Waals surface area contributed by atoms with E-state index >= 15 is 0 Å². The summed E-state index contributed by atoms with van der Waals surface area (Å²) in [6.45, 7) is 7.09. The van der Waals surface area contributed by atoms with Crippen molar-refractivity contribution in [3.05, 3.63) is 0 Å². The Morgan fingerprint density at radius 2 is 2.00 bits per heavy atom. The van der Waals surface area contributed by atoms with Gasteiger partial charge >= 0.3 is 0 Å². The number of rotatable bonds is 6. The Bertz CT molecular complexity index is 176. The quantitative estimate of drug-likeness (QED) is 0.660. The van der Waals surface area contributed by atoms with Crippen molar-refractivity contribution in [3.8, 4) is 0 Å². The largest absolute Gasteiger partial charge is 0.345 e. The zero-order chi connectivity index (χ0) is 11.1. The van der Waals surface area contributed by atoms with Gasteiger partial charge in [0.2, 0.25) is 5.91 Å². The molecule has 0 aromatic rings. The predicted molar refractivity (Wildman–Crippen MR) is 67.7 cm³/mol. The van der Waals surface area contributed by atoms with E-state index in [9.17, 15) is 4.79 Å². The molecule has 0 heterocycles. The van der Waals surface area contributed by atoms with Gasteiger partial charge in [0.1, 0.15) is 0 Å². The van der Waals surface area contributed by atoms with Crippen LogP contribution in [0.25, 0.3) is 0 Å². The molecule has 0 aliphatic carbocycles. The molecule has 4 heteroatoms. The number of carbonyl (C=O) groups excluding carboxylic acids is 1. The Morgan fingerprint density at radius 1 is 1.43 bits per heavy atom. The Labute approximate surface area is 95.6 Å². The highest BCUT2D eigenvalue weighted by molar-refractivity contribution is 8.76. The van der Waals surface area contributed by atoms with E-state index in [0.717, 1.165) is 13.0 Å². The summed E-state index contributed by atoms with van der Waals surface area (Å²) in [6, 6.07) is 0. The molecule has 0 saturated heterocycles. The first-order chi connectivity index (χ1) is 6.58. The van der Waals surface area contributed by atoms with Crippen LogP contribution in [0.15, 0.2) is 0 Å². The van der Waals surface area contributed by atoms with Crippen molar-refractivity contribution in [2.75, 3.05) is 19.8 Å². The van der Waals surface area contributed by atoms with E-state index < -0.39 is 0 Å². The van der Waals surface area contributed by atoms with E-state index in [1.54, 1.807) is 26.5 Å². The molecular weight excluding hydrogens is 214 g/mol. The van der Waals surface area contributed by atoms with Crippen LogP contribution >= 0.6 is 21.6 Å².